The van der Waals surface area contributed by atoms with Crippen molar-refractivity contribution in [1.29, 1.82) is 0 Å². The molecule has 2 heterocycles. The SMILES string of the molecule is C1COCCO1.CCOCC.c1ccoc1. The summed E-state index contributed by atoms with van der Waals surface area (Å²) in [5.74, 6) is 0. The summed E-state index contributed by atoms with van der Waals surface area (Å²) in [6, 6.07) is 3.67. The maximum atomic E-state index is 4.94. The fraction of sp³-hybridized carbons (Fsp3) is 0.667. The molecule has 4 nitrogen and oxygen atoms in total. The highest BCUT2D eigenvalue weighted by Gasteiger charge is 1.94. The minimum Gasteiger partial charge on any atom is -0.473 e. The van der Waals surface area contributed by atoms with Crippen molar-refractivity contribution in [1.82, 2.24) is 0 Å². The summed E-state index contributed by atoms with van der Waals surface area (Å²) < 4.78 is 19.3. The van der Waals surface area contributed by atoms with E-state index in [4.69, 9.17) is 14.2 Å². The third-order valence-electron chi connectivity index (χ3n) is 1.58. The summed E-state index contributed by atoms with van der Waals surface area (Å²) in [4.78, 5) is 0. The van der Waals surface area contributed by atoms with Crippen molar-refractivity contribution in [3.05, 3.63) is 24.7 Å². The van der Waals surface area contributed by atoms with Gasteiger partial charge in [0.1, 0.15) is 0 Å². The molecule has 0 radical (unpaired) electrons. The fourth-order valence-corrected chi connectivity index (χ4v) is 0.871. The van der Waals surface area contributed by atoms with Crippen molar-refractivity contribution in [3.63, 3.8) is 0 Å². The molecule has 94 valence electrons. The van der Waals surface area contributed by atoms with Crippen LogP contribution >= 0.6 is 0 Å². The van der Waals surface area contributed by atoms with Crippen LogP contribution < -0.4 is 0 Å². The lowest BCUT2D eigenvalue weighted by molar-refractivity contribution is -0.0334. The van der Waals surface area contributed by atoms with E-state index in [0.29, 0.717) is 0 Å². The Balaban J connectivity index is 0.000000213. The summed E-state index contributed by atoms with van der Waals surface area (Å²) >= 11 is 0. The summed E-state index contributed by atoms with van der Waals surface area (Å²) in [6.45, 7) is 8.78. The van der Waals surface area contributed by atoms with Crippen molar-refractivity contribution in [2.24, 2.45) is 0 Å². The molecular weight excluding hydrogens is 208 g/mol. The third-order valence-corrected chi connectivity index (χ3v) is 1.58. The molecule has 0 spiro atoms. The van der Waals surface area contributed by atoms with Crippen LogP contribution in [0.5, 0.6) is 0 Å². The molecule has 1 fully saturated rings. The van der Waals surface area contributed by atoms with Gasteiger partial charge in [0.2, 0.25) is 0 Å². The molecule has 1 aromatic heterocycles. The Kier molecular flexibility index (Phi) is 13.4. The van der Waals surface area contributed by atoms with Crippen LogP contribution in [0.25, 0.3) is 0 Å². The van der Waals surface area contributed by atoms with Gasteiger partial charge in [0.05, 0.1) is 39.0 Å². The normalized spacial score (nSPS) is 14.1. The van der Waals surface area contributed by atoms with Crippen LogP contribution in [0.4, 0.5) is 0 Å². The van der Waals surface area contributed by atoms with Crippen molar-refractivity contribution in [2.45, 2.75) is 13.8 Å². The first-order valence-electron chi connectivity index (χ1n) is 5.62. The lowest BCUT2D eigenvalue weighted by Gasteiger charge is -2.09. The number of furan rings is 1. The molecule has 2 rings (SSSR count). The highest BCUT2D eigenvalue weighted by molar-refractivity contribution is 4.79. The van der Waals surface area contributed by atoms with E-state index in [1.807, 2.05) is 26.0 Å². The van der Waals surface area contributed by atoms with Gasteiger partial charge in [-0.05, 0) is 26.0 Å². The Bertz CT molecular complexity index is 152. The Morgan fingerprint density at radius 3 is 1.44 bits per heavy atom. The molecule has 0 N–H and O–H groups in total. The zero-order valence-electron chi connectivity index (χ0n) is 10.2. The first kappa shape index (κ1) is 15.2. The minimum absolute atomic E-state index is 0.778. The fourth-order valence-electron chi connectivity index (χ4n) is 0.871. The lowest BCUT2D eigenvalue weighted by Crippen LogP contribution is -2.16. The average molecular weight is 230 g/mol. The summed E-state index contributed by atoms with van der Waals surface area (Å²) in [6.07, 6.45) is 3.25. The van der Waals surface area contributed by atoms with Crippen LogP contribution in [0.3, 0.4) is 0 Å². The monoisotopic (exact) mass is 230 g/mol. The molecule has 0 amide bonds. The van der Waals surface area contributed by atoms with Gasteiger partial charge in [0.15, 0.2) is 0 Å². The van der Waals surface area contributed by atoms with Gasteiger partial charge in [0.25, 0.3) is 0 Å². The van der Waals surface area contributed by atoms with E-state index in [1.54, 1.807) is 12.5 Å². The zero-order chi connectivity index (χ0) is 11.9. The maximum Gasteiger partial charge on any atom is 0.0902 e. The molecular formula is C12H22O4. The largest absolute Gasteiger partial charge is 0.473 e. The van der Waals surface area contributed by atoms with Gasteiger partial charge in [-0.3, -0.25) is 0 Å². The standard InChI is InChI=1S/C4H8O2.C4H4O.C4H10O/c1-2-6-4-3-5-1;1-2-4-5-3-1;1-3-5-4-2/h1-4H2;1-4H;3-4H2,1-2H3. The molecule has 0 bridgehead atoms. The first-order valence-corrected chi connectivity index (χ1v) is 5.62. The summed E-state index contributed by atoms with van der Waals surface area (Å²) in [7, 11) is 0. The van der Waals surface area contributed by atoms with Crippen molar-refractivity contribution < 1.29 is 18.6 Å². The van der Waals surface area contributed by atoms with Crippen LogP contribution in [0.1, 0.15) is 13.8 Å². The average Bonchev–Trinajstić information content (AvgIpc) is 2.92. The summed E-state index contributed by atoms with van der Waals surface area (Å²) in [5.41, 5.74) is 0. The van der Waals surface area contributed by atoms with E-state index in [9.17, 15) is 0 Å². The van der Waals surface area contributed by atoms with E-state index in [-0.39, 0.29) is 0 Å². The first-order chi connectivity index (χ1) is 7.91. The molecule has 0 saturated carbocycles. The molecule has 16 heavy (non-hydrogen) atoms. The third kappa shape index (κ3) is 13.2. The van der Waals surface area contributed by atoms with Gasteiger partial charge in [0, 0.05) is 13.2 Å². The summed E-state index contributed by atoms with van der Waals surface area (Å²) in [5, 5.41) is 0. The molecule has 0 unspecified atom stereocenters. The van der Waals surface area contributed by atoms with Gasteiger partial charge >= 0.3 is 0 Å². The van der Waals surface area contributed by atoms with Crippen LogP contribution in [-0.4, -0.2) is 39.6 Å². The Morgan fingerprint density at radius 1 is 0.875 bits per heavy atom. The molecule has 0 aromatic carbocycles. The second kappa shape index (κ2) is 14.2. The van der Waals surface area contributed by atoms with Gasteiger partial charge in [-0.2, -0.15) is 0 Å². The highest BCUT2D eigenvalue weighted by atomic mass is 16.6. The Labute approximate surface area is 97.5 Å². The Hall–Kier alpha value is -0.840. The van der Waals surface area contributed by atoms with E-state index >= 15 is 0 Å². The van der Waals surface area contributed by atoms with Gasteiger partial charge < -0.3 is 18.6 Å². The molecule has 1 saturated heterocycles. The van der Waals surface area contributed by atoms with Crippen LogP contribution in [0.2, 0.25) is 0 Å². The molecule has 4 heteroatoms. The molecule has 1 aromatic rings. The zero-order valence-corrected chi connectivity index (χ0v) is 10.2. The second-order valence-corrected chi connectivity index (χ2v) is 2.80. The minimum atomic E-state index is 0.778. The molecule has 1 aliphatic rings. The van der Waals surface area contributed by atoms with E-state index in [0.717, 1.165) is 39.6 Å². The predicted octanol–water partition coefficient (Wildman–Crippen LogP) is 2.36. The molecule has 0 atom stereocenters. The number of ether oxygens (including phenoxy) is 3. The van der Waals surface area contributed by atoms with Gasteiger partial charge in [-0.25, -0.2) is 0 Å². The van der Waals surface area contributed by atoms with Crippen LogP contribution in [0, 0.1) is 0 Å². The molecule has 1 aliphatic heterocycles. The smallest absolute Gasteiger partial charge is 0.0902 e. The lowest BCUT2D eigenvalue weighted by atomic mass is 10.6. The highest BCUT2D eigenvalue weighted by Crippen LogP contribution is 1.85. The molecule has 0 aliphatic carbocycles. The second-order valence-electron chi connectivity index (χ2n) is 2.80. The Morgan fingerprint density at radius 2 is 1.31 bits per heavy atom. The maximum absolute atomic E-state index is 4.94. The quantitative estimate of drug-likeness (QED) is 0.782. The number of rotatable bonds is 2. The van der Waals surface area contributed by atoms with Gasteiger partial charge in [-0.1, -0.05) is 0 Å². The van der Waals surface area contributed by atoms with Crippen molar-refractivity contribution >= 4 is 0 Å². The predicted molar refractivity (Wildman–Crippen MR) is 62.5 cm³/mol. The van der Waals surface area contributed by atoms with Crippen molar-refractivity contribution in [3.8, 4) is 0 Å². The van der Waals surface area contributed by atoms with Crippen LogP contribution in [-0.2, 0) is 14.2 Å². The van der Waals surface area contributed by atoms with Crippen molar-refractivity contribution in [2.75, 3.05) is 39.6 Å². The topological polar surface area (TPSA) is 40.8 Å². The number of hydrogen-bond acceptors (Lipinski definition) is 4. The van der Waals surface area contributed by atoms with E-state index in [1.165, 1.54) is 0 Å². The van der Waals surface area contributed by atoms with Gasteiger partial charge in [-0.15, -0.1) is 0 Å². The van der Waals surface area contributed by atoms with E-state index < -0.39 is 0 Å². The number of hydrogen-bond donors (Lipinski definition) is 0. The van der Waals surface area contributed by atoms with Crippen LogP contribution in [0.15, 0.2) is 29.1 Å². The van der Waals surface area contributed by atoms with E-state index in [2.05, 4.69) is 4.42 Å².